The molecule has 3 rings (SSSR count). The molecule has 1 heterocycles. The van der Waals surface area contributed by atoms with Crippen LogP contribution in [0.4, 0.5) is 0 Å². The summed E-state index contributed by atoms with van der Waals surface area (Å²) in [5, 5.41) is 10.0. The van der Waals surface area contributed by atoms with Crippen LogP contribution in [0.5, 0.6) is 0 Å². The van der Waals surface area contributed by atoms with Gasteiger partial charge < -0.3 is 10.0 Å². The van der Waals surface area contributed by atoms with E-state index < -0.39 is 0 Å². The Morgan fingerprint density at radius 2 is 2.00 bits per heavy atom. The summed E-state index contributed by atoms with van der Waals surface area (Å²) in [4.78, 5) is 16.8. The fourth-order valence-corrected chi connectivity index (χ4v) is 3.76. The molecule has 120 valence electrons. The lowest BCUT2D eigenvalue weighted by Crippen LogP contribution is -2.53. The van der Waals surface area contributed by atoms with Crippen LogP contribution >= 0.6 is 0 Å². The summed E-state index contributed by atoms with van der Waals surface area (Å²) in [6, 6.07) is 8.49. The van der Waals surface area contributed by atoms with Gasteiger partial charge in [0, 0.05) is 32.2 Å². The fraction of sp³-hybridized carbons (Fsp3) is 0.611. The van der Waals surface area contributed by atoms with Crippen LogP contribution in [0.25, 0.3) is 0 Å². The maximum absolute atomic E-state index is 12.4. The largest absolute Gasteiger partial charge is 0.391 e. The van der Waals surface area contributed by atoms with E-state index in [-0.39, 0.29) is 12.0 Å². The molecule has 4 nitrogen and oxygen atoms in total. The number of aryl methyl sites for hydroxylation is 1. The molecule has 0 aromatic heterocycles. The number of amides is 1. The lowest BCUT2D eigenvalue weighted by molar-refractivity contribution is -0.132. The van der Waals surface area contributed by atoms with Gasteiger partial charge in [0.15, 0.2) is 0 Å². The first-order valence-corrected chi connectivity index (χ1v) is 8.39. The number of rotatable bonds is 3. The number of aliphatic hydroxyl groups excluding tert-OH is 1. The summed E-state index contributed by atoms with van der Waals surface area (Å²) in [5.41, 5.74) is 2.30. The predicted molar refractivity (Wildman–Crippen MR) is 86.7 cm³/mol. The van der Waals surface area contributed by atoms with Crippen LogP contribution in [-0.2, 0) is 11.2 Å². The van der Waals surface area contributed by atoms with Gasteiger partial charge in [-0.25, -0.2) is 0 Å². The molecule has 1 saturated heterocycles. The van der Waals surface area contributed by atoms with Crippen molar-refractivity contribution in [3.05, 3.63) is 35.4 Å². The van der Waals surface area contributed by atoms with Crippen molar-refractivity contribution in [2.45, 2.75) is 44.8 Å². The third-order valence-electron chi connectivity index (χ3n) is 5.02. The Hall–Kier alpha value is -1.39. The van der Waals surface area contributed by atoms with Crippen LogP contribution in [-0.4, -0.2) is 59.1 Å². The number of carbonyl (C=O) groups is 1. The van der Waals surface area contributed by atoms with E-state index in [0.717, 1.165) is 51.0 Å². The van der Waals surface area contributed by atoms with Gasteiger partial charge in [-0.2, -0.15) is 0 Å². The first kappa shape index (κ1) is 15.5. The average molecular weight is 302 g/mol. The molecular formula is C18H26N2O2. The molecular weight excluding hydrogens is 276 g/mol. The molecule has 2 aliphatic rings. The normalized spacial score (nSPS) is 26.4. The van der Waals surface area contributed by atoms with Gasteiger partial charge in [0.2, 0.25) is 5.91 Å². The molecule has 1 saturated carbocycles. The van der Waals surface area contributed by atoms with Crippen molar-refractivity contribution in [3.8, 4) is 0 Å². The first-order chi connectivity index (χ1) is 10.6. The van der Waals surface area contributed by atoms with E-state index in [0.29, 0.717) is 12.5 Å². The van der Waals surface area contributed by atoms with Crippen LogP contribution in [0.2, 0.25) is 0 Å². The number of carbonyl (C=O) groups excluding carboxylic acids is 1. The Morgan fingerprint density at radius 3 is 2.64 bits per heavy atom. The van der Waals surface area contributed by atoms with Crippen molar-refractivity contribution in [2.75, 3.05) is 26.2 Å². The van der Waals surface area contributed by atoms with Crippen LogP contribution in [0.1, 0.15) is 30.4 Å². The van der Waals surface area contributed by atoms with Gasteiger partial charge in [-0.1, -0.05) is 29.8 Å². The molecule has 22 heavy (non-hydrogen) atoms. The summed E-state index contributed by atoms with van der Waals surface area (Å²) < 4.78 is 0. The number of nitrogens with zero attached hydrogens (tertiary/aromatic N) is 2. The number of benzene rings is 1. The Balaban J connectivity index is 1.51. The van der Waals surface area contributed by atoms with E-state index in [9.17, 15) is 9.90 Å². The maximum atomic E-state index is 12.4. The van der Waals surface area contributed by atoms with E-state index in [1.807, 2.05) is 17.0 Å². The SMILES string of the molecule is Cc1cccc(CC(=O)N2CCN([C@H]3CCC[C@@H]3O)CC2)c1. The summed E-state index contributed by atoms with van der Waals surface area (Å²) in [6.07, 6.45) is 3.47. The second kappa shape index (κ2) is 6.80. The Labute approximate surface area is 132 Å². The predicted octanol–water partition coefficient (Wildman–Crippen LogP) is 1.60. The van der Waals surface area contributed by atoms with Crippen LogP contribution in [0.15, 0.2) is 24.3 Å². The van der Waals surface area contributed by atoms with Crippen molar-refractivity contribution >= 4 is 5.91 Å². The van der Waals surface area contributed by atoms with Gasteiger partial charge in [0.25, 0.3) is 0 Å². The second-order valence-electron chi connectivity index (χ2n) is 6.65. The lowest BCUT2D eigenvalue weighted by Gasteiger charge is -2.39. The Morgan fingerprint density at radius 1 is 1.23 bits per heavy atom. The van der Waals surface area contributed by atoms with E-state index in [1.54, 1.807) is 0 Å². The first-order valence-electron chi connectivity index (χ1n) is 8.39. The molecule has 2 atom stereocenters. The number of aliphatic hydroxyl groups is 1. The quantitative estimate of drug-likeness (QED) is 0.922. The summed E-state index contributed by atoms with van der Waals surface area (Å²) in [6.45, 7) is 5.41. The van der Waals surface area contributed by atoms with Crippen molar-refractivity contribution in [2.24, 2.45) is 0 Å². The van der Waals surface area contributed by atoms with Gasteiger partial charge in [0.1, 0.15) is 0 Å². The highest BCUT2D eigenvalue weighted by Gasteiger charge is 2.33. The number of hydrogen-bond donors (Lipinski definition) is 1. The molecule has 0 bridgehead atoms. The smallest absolute Gasteiger partial charge is 0.227 e. The van der Waals surface area contributed by atoms with Crippen molar-refractivity contribution in [3.63, 3.8) is 0 Å². The molecule has 1 N–H and O–H groups in total. The molecule has 1 amide bonds. The van der Waals surface area contributed by atoms with E-state index in [2.05, 4.69) is 24.0 Å². The molecule has 1 aromatic rings. The number of piperazine rings is 1. The van der Waals surface area contributed by atoms with E-state index in [1.165, 1.54) is 5.56 Å². The monoisotopic (exact) mass is 302 g/mol. The minimum Gasteiger partial charge on any atom is -0.391 e. The highest BCUT2D eigenvalue weighted by molar-refractivity contribution is 5.79. The van der Waals surface area contributed by atoms with Crippen molar-refractivity contribution < 1.29 is 9.90 Å². The Bertz CT molecular complexity index is 524. The third kappa shape index (κ3) is 3.50. The molecule has 1 aliphatic heterocycles. The van der Waals surface area contributed by atoms with Gasteiger partial charge in [0.05, 0.1) is 12.5 Å². The standard InChI is InChI=1S/C18H26N2O2/c1-14-4-2-5-15(12-14)13-18(22)20-10-8-19(9-11-20)16-6-3-7-17(16)21/h2,4-5,12,16-17,21H,3,6-11,13H2,1H3/t16-,17-/m0/s1. The second-order valence-corrected chi connectivity index (χ2v) is 6.65. The molecule has 0 unspecified atom stereocenters. The molecule has 2 fully saturated rings. The highest BCUT2D eigenvalue weighted by atomic mass is 16.3. The van der Waals surface area contributed by atoms with Crippen LogP contribution < -0.4 is 0 Å². The highest BCUT2D eigenvalue weighted by Crippen LogP contribution is 2.25. The minimum absolute atomic E-state index is 0.172. The molecule has 1 aliphatic carbocycles. The van der Waals surface area contributed by atoms with Crippen LogP contribution in [0.3, 0.4) is 0 Å². The molecule has 0 radical (unpaired) electrons. The Kier molecular flexibility index (Phi) is 4.79. The van der Waals surface area contributed by atoms with E-state index >= 15 is 0 Å². The molecule has 1 aromatic carbocycles. The topological polar surface area (TPSA) is 43.8 Å². The zero-order valence-corrected chi connectivity index (χ0v) is 13.4. The van der Waals surface area contributed by atoms with Crippen LogP contribution in [0, 0.1) is 6.92 Å². The molecule has 4 heteroatoms. The van der Waals surface area contributed by atoms with Gasteiger partial charge in [-0.05, 0) is 31.7 Å². The van der Waals surface area contributed by atoms with Gasteiger partial charge in [-0.15, -0.1) is 0 Å². The lowest BCUT2D eigenvalue weighted by atomic mass is 10.1. The third-order valence-corrected chi connectivity index (χ3v) is 5.02. The van der Waals surface area contributed by atoms with E-state index in [4.69, 9.17) is 0 Å². The molecule has 0 spiro atoms. The van der Waals surface area contributed by atoms with Crippen molar-refractivity contribution in [1.82, 2.24) is 9.80 Å². The van der Waals surface area contributed by atoms with Gasteiger partial charge >= 0.3 is 0 Å². The summed E-state index contributed by atoms with van der Waals surface area (Å²) >= 11 is 0. The maximum Gasteiger partial charge on any atom is 0.227 e. The number of hydrogen-bond acceptors (Lipinski definition) is 3. The zero-order chi connectivity index (χ0) is 15.5. The minimum atomic E-state index is -0.172. The summed E-state index contributed by atoms with van der Waals surface area (Å²) in [5.74, 6) is 0.220. The van der Waals surface area contributed by atoms with Gasteiger partial charge in [-0.3, -0.25) is 9.69 Å². The van der Waals surface area contributed by atoms with Crippen molar-refractivity contribution in [1.29, 1.82) is 0 Å². The zero-order valence-electron chi connectivity index (χ0n) is 13.4. The fourth-order valence-electron chi connectivity index (χ4n) is 3.76. The summed E-state index contributed by atoms with van der Waals surface area (Å²) in [7, 11) is 0. The average Bonchev–Trinajstić information content (AvgIpc) is 2.93.